The van der Waals surface area contributed by atoms with Crippen molar-refractivity contribution >= 4 is 45.9 Å². The number of carbonyl (C=O) groups is 1. The van der Waals surface area contributed by atoms with Crippen molar-refractivity contribution in [3.05, 3.63) is 102 Å². The fourth-order valence-electron chi connectivity index (χ4n) is 4.45. The van der Waals surface area contributed by atoms with Gasteiger partial charge in [0.25, 0.3) is 5.56 Å². The second kappa shape index (κ2) is 8.98. The molecule has 35 heavy (non-hydrogen) atoms. The van der Waals surface area contributed by atoms with Crippen LogP contribution in [0.1, 0.15) is 37.9 Å². The first-order valence-corrected chi connectivity index (χ1v) is 12.5. The third kappa shape index (κ3) is 4.15. The number of hydrogen-bond acceptors (Lipinski definition) is 5. The van der Waals surface area contributed by atoms with Crippen molar-refractivity contribution in [2.75, 3.05) is 0 Å². The number of benzene rings is 2. The van der Waals surface area contributed by atoms with E-state index in [0.717, 1.165) is 22.0 Å². The van der Waals surface area contributed by atoms with Gasteiger partial charge in [-0.3, -0.25) is 9.36 Å². The van der Waals surface area contributed by atoms with Crippen LogP contribution in [0.3, 0.4) is 0 Å². The Hall–Kier alpha value is -3.42. The molecule has 5 rings (SSSR count). The molecule has 0 aliphatic carbocycles. The smallest absolute Gasteiger partial charge is 0.338 e. The van der Waals surface area contributed by atoms with E-state index in [2.05, 4.69) is 4.99 Å². The molecule has 8 heteroatoms. The van der Waals surface area contributed by atoms with E-state index in [9.17, 15) is 9.59 Å². The van der Waals surface area contributed by atoms with Gasteiger partial charge in [-0.1, -0.05) is 53.3 Å². The molecule has 1 unspecified atom stereocenters. The maximum absolute atomic E-state index is 13.8. The number of fused-ring (bicyclic) bond motifs is 2. The molecule has 0 amide bonds. The highest BCUT2D eigenvalue weighted by atomic mass is 35.5. The van der Waals surface area contributed by atoms with Gasteiger partial charge in [-0.05, 0) is 50.6 Å². The zero-order valence-electron chi connectivity index (χ0n) is 19.8. The van der Waals surface area contributed by atoms with Crippen LogP contribution in [0, 0.1) is 0 Å². The number of hydrogen-bond donors (Lipinski definition) is 0. The van der Waals surface area contributed by atoms with E-state index in [1.807, 2.05) is 60.3 Å². The number of para-hydroxylation sites is 1. The Morgan fingerprint density at radius 3 is 2.60 bits per heavy atom. The summed E-state index contributed by atoms with van der Waals surface area (Å²) < 4.78 is 9.72. The minimum atomic E-state index is -0.663. The van der Waals surface area contributed by atoms with Gasteiger partial charge in [0.15, 0.2) is 4.80 Å². The number of esters is 1. The topological polar surface area (TPSA) is 65.6 Å². The number of allylic oxidation sites excluding steroid dienone is 1. The summed E-state index contributed by atoms with van der Waals surface area (Å²) in [4.78, 5) is 32.1. The number of thiazole rings is 1. The quantitative estimate of drug-likeness (QED) is 0.388. The normalized spacial score (nSPS) is 16.1. The molecule has 3 heterocycles. The van der Waals surface area contributed by atoms with Crippen molar-refractivity contribution in [1.29, 1.82) is 0 Å². The average Bonchev–Trinajstić information content (AvgIpc) is 3.29. The number of ether oxygens (including phenoxy) is 1. The number of halogens is 1. The lowest BCUT2D eigenvalue weighted by Gasteiger charge is -2.25. The summed E-state index contributed by atoms with van der Waals surface area (Å²) in [5.41, 5.74) is 3.48. The van der Waals surface area contributed by atoms with Gasteiger partial charge in [0.1, 0.15) is 0 Å². The molecule has 0 radical (unpaired) electrons. The van der Waals surface area contributed by atoms with Crippen LogP contribution in [0.25, 0.3) is 17.0 Å². The molecule has 0 spiro atoms. The van der Waals surface area contributed by atoms with Crippen LogP contribution in [-0.4, -0.2) is 21.2 Å². The van der Waals surface area contributed by atoms with Crippen LogP contribution in [-0.2, 0) is 16.6 Å². The summed E-state index contributed by atoms with van der Waals surface area (Å²) in [5.74, 6) is -0.482. The second-order valence-corrected chi connectivity index (χ2v) is 10.2. The molecule has 0 N–H and O–H groups in total. The Balaban J connectivity index is 1.74. The Kier molecular flexibility index (Phi) is 5.99. The minimum Gasteiger partial charge on any atom is -0.459 e. The number of carbonyl (C=O) groups excluding carboxylic acids is 1. The van der Waals surface area contributed by atoms with Crippen LogP contribution in [0.15, 0.2) is 75.8 Å². The summed E-state index contributed by atoms with van der Waals surface area (Å²) in [6, 6.07) is 14.6. The Bertz CT molecular complexity index is 1670. The predicted molar refractivity (Wildman–Crippen MR) is 139 cm³/mol. The summed E-state index contributed by atoms with van der Waals surface area (Å²) >= 11 is 7.44. The molecular weight excluding hydrogens is 482 g/mol. The molecular formula is C27H24ClN3O3S. The van der Waals surface area contributed by atoms with Crippen LogP contribution in [0.5, 0.6) is 0 Å². The Morgan fingerprint density at radius 2 is 1.89 bits per heavy atom. The number of nitrogens with zero attached hydrogens (tertiary/aromatic N) is 3. The lowest BCUT2D eigenvalue weighted by atomic mass is 9.96. The van der Waals surface area contributed by atoms with Crippen molar-refractivity contribution in [2.24, 2.45) is 12.0 Å². The zero-order valence-corrected chi connectivity index (χ0v) is 21.4. The van der Waals surface area contributed by atoms with Gasteiger partial charge in [0.2, 0.25) is 0 Å². The van der Waals surface area contributed by atoms with Gasteiger partial charge in [0, 0.05) is 34.7 Å². The molecule has 0 fully saturated rings. The highest BCUT2D eigenvalue weighted by Gasteiger charge is 2.33. The van der Waals surface area contributed by atoms with E-state index < -0.39 is 12.0 Å². The molecule has 1 aliphatic heterocycles. The third-order valence-corrected chi connectivity index (χ3v) is 7.22. The predicted octanol–water partition coefficient (Wildman–Crippen LogP) is 4.33. The number of rotatable bonds is 4. The molecule has 0 saturated heterocycles. The molecule has 6 nitrogen and oxygen atoms in total. The van der Waals surface area contributed by atoms with Gasteiger partial charge in [0.05, 0.1) is 27.9 Å². The van der Waals surface area contributed by atoms with E-state index in [1.54, 1.807) is 37.5 Å². The molecule has 178 valence electrons. The monoisotopic (exact) mass is 505 g/mol. The summed E-state index contributed by atoms with van der Waals surface area (Å²) in [5, 5.41) is 1.64. The minimum absolute atomic E-state index is 0.205. The van der Waals surface area contributed by atoms with Crippen molar-refractivity contribution in [1.82, 2.24) is 9.13 Å². The van der Waals surface area contributed by atoms with Crippen LogP contribution in [0.4, 0.5) is 0 Å². The van der Waals surface area contributed by atoms with Gasteiger partial charge in [-0.2, -0.15) is 0 Å². The summed E-state index contributed by atoms with van der Waals surface area (Å²) in [6.45, 7) is 5.37. The van der Waals surface area contributed by atoms with E-state index in [4.69, 9.17) is 16.3 Å². The van der Waals surface area contributed by atoms with Crippen molar-refractivity contribution < 1.29 is 9.53 Å². The Morgan fingerprint density at radius 1 is 1.17 bits per heavy atom. The lowest BCUT2D eigenvalue weighted by Crippen LogP contribution is -2.40. The van der Waals surface area contributed by atoms with Crippen molar-refractivity contribution in [2.45, 2.75) is 32.9 Å². The largest absolute Gasteiger partial charge is 0.459 e. The standard InChI is InChI=1S/C27H24ClN3O3S/c1-15(2)34-26(33)23-16(3)29-27-31(24(23)17-9-11-19(28)12-10-17)25(32)22(35-27)13-18-14-30(4)21-8-6-5-7-20(18)21/h5-15,24H,1-4H3/b22-13-. The van der Waals surface area contributed by atoms with Gasteiger partial charge >= 0.3 is 5.97 Å². The maximum atomic E-state index is 13.8. The molecule has 1 aliphatic rings. The van der Waals surface area contributed by atoms with Crippen molar-refractivity contribution in [3.8, 4) is 0 Å². The third-order valence-electron chi connectivity index (χ3n) is 5.98. The first-order valence-electron chi connectivity index (χ1n) is 11.3. The summed E-state index contributed by atoms with van der Waals surface area (Å²) in [7, 11) is 1.98. The molecule has 0 saturated carbocycles. The summed E-state index contributed by atoms with van der Waals surface area (Å²) in [6.07, 6.45) is 3.61. The van der Waals surface area contributed by atoms with E-state index in [0.29, 0.717) is 25.6 Å². The maximum Gasteiger partial charge on any atom is 0.338 e. The van der Waals surface area contributed by atoms with Gasteiger partial charge in [-0.15, -0.1) is 0 Å². The molecule has 0 bridgehead atoms. The molecule has 2 aromatic carbocycles. The molecule has 2 aromatic heterocycles. The van der Waals surface area contributed by atoms with Crippen LogP contribution < -0.4 is 14.9 Å². The van der Waals surface area contributed by atoms with E-state index in [-0.39, 0.29) is 11.7 Å². The lowest BCUT2D eigenvalue weighted by molar-refractivity contribution is -0.143. The zero-order chi connectivity index (χ0) is 24.9. The number of aromatic nitrogens is 2. The number of aryl methyl sites for hydroxylation is 1. The van der Waals surface area contributed by atoms with Crippen LogP contribution >= 0.6 is 22.9 Å². The van der Waals surface area contributed by atoms with E-state index >= 15 is 0 Å². The highest BCUT2D eigenvalue weighted by molar-refractivity contribution is 7.07. The van der Waals surface area contributed by atoms with Crippen LogP contribution in [0.2, 0.25) is 5.02 Å². The second-order valence-electron chi connectivity index (χ2n) is 8.80. The highest BCUT2D eigenvalue weighted by Crippen LogP contribution is 2.31. The average molecular weight is 506 g/mol. The van der Waals surface area contributed by atoms with Gasteiger partial charge < -0.3 is 9.30 Å². The first-order chi connectivity index (χ1) is 16.7. The molecule has 4 aromatic rings. The Labute approximate surface area is 211 Å². The first kappa shape index (κ1) is 23.3. The van der Waals surface area contributed by atoms with Gasteiger partial charge in [-0.25, -0.2) is 9.79 Å². The fourth-order valence-corrected chi connectivity index (χ4v) is 5.61. The SMILES string of the molecule is CC1=C(C(=O)OC(C)C)C(c2ccc(Cl)cc2)n2c(s/c(=C\c3cn(C)c4ccccc34)c2=O)=N1. The molecule has 1 atom stereocenters. The fraction of sp³-hybridized carbons (Fsp3) is 0.222. The van der Waals surface area contributed by atoms with E-state index in [1.165, 1.54) is 11.3 Å². The van der Waals surface area contributed by atoms with Crippen molar-refractivity contribution in [3.63, 3.8) is 0 Å².